The number of sulfone groups is 1. The SMILES string of the molecule is CCc1ccc2c(c1)S(=O)(=O)C(C(=O)O)C(C)N2C. The molecule has 2 rings (SSSR count). The molecule has 0 amide bonds. The van der Waals surface area contributed by atoms with Crippen molar-refractivity contribution in [2.45, 2.75) is 36.5 Å². The Kier molecular flexibility index (Phi) is 3.30. The van der Waals surface area contributed by atoms with Gasteiger partial charge in [-0.2, -0.15) is 0 Å². The van der Waals surface area contributed by atoms with Crippen molar-refractivity contribution in [1.29, 1.82) is 0 Å². The summed E-state index contributed by atoms with van der Waals surface area (Å²) in [5.41, 5.74) is 1.46. The van der Waals surface area contributed by atoms with Gasteiger partial charge in [0.25, 0.3) is 0 Å². The number of aryl methyl sites for hydroxylation is 1. The maximum atomic E-state index is 12.5. The van der Waals surface area contributed by atoms with Crippen molar-refractivity contribution in [3.63, 3.8) is 0 Å². The van der Waals surface area contributed by atoms with Crippen molar-refractivity contribution >= 4 is 21.5 Å². The number of carboxylic acids is 1. The molecule has 1 N–H and O–H groups in total. The van der Waals surface area contributed by atoms with Gasteiger partial charge in [-0.15, -0.1) is 0 Å². The Hall–Kier alpha value is -1.56. The van der Waals surface area contributed by atoms with Crippen molar-refractivity contribution in [3.8, 4) is 0 Å². The molecular formula is C13H17NO4S. The molecule has 19 heavy (non-hydrogen) atoms. The fraction of sp³-hybridized carbons (Fsp3) is 0.462. The smallest absolute Gasteiger partial charge is 0.324 e. The maximum absolute atomic E-state index is 12.5. The molecule has 0 spiro atoms. The second-order valence-corrected chi connectivity index (χ2v) is 6.85. The topological polar surface area (TPSA) is 74.7 Å². The Morgan fingerprint density at radius 3 is 2.58 bits per heavy atom. The van der Waals surface area contributed by atoms with Gasteiger partial charge >= 0.3 is 5.97 Å². The first-order chi connectivity index (χ1) is 8.80. The molecule has 104 valence electrons. The van der Waals surface area contributed by atoms with E-state index >= 15 is 0 Å². The molecule has 1 aliphatic heterocycles. The average molecular weight is 283 g/mol. The third-order valence-electron chi connectivity index (χ3n) is 3.75. The Balaban J connectivity index is 2.72. The van der Waals surface area contributed by atoms with Crippen molar-refractivity contribution in [1.82, 2.24) is 0 Å². The van der Waals surface area contributed by atoms with E-state index in [0.717, 1.165) is 5.56 Å². The Morgan fingerprint density at radius 2 is 2.05 bits per heavy atom. The predicted octanol–water partition coefficient (Wildman–Crippen LogP) is 1.31. The summed E-state index contributed by atoms with van der Waals surface area (Å²) in [6.45, 7) is 3.55. The standard InChI is InChI=1S/C13H17NO4S/c1-4-9-5-6-10-11(7-9)19(17,18)12(13(15)16)8(2)14(10)3/h5-8,12H,4H2,1-3H3,(H,15,16). The maximum Gasteiger partial charge on any atom is 0.324 e. The lowest BCUT2D eigenvalue weighted by molar-refractivity contribution is -0.136. The summed E-state index contributed by atoms with van der Waals surface area (Å²) in [7, 11) is -2.12. The molecule has 1 aromatic rings. The number of anilines is 1. The molecule has 6 heteroatoms. The van der Waals surface area contributed by atoms with Crippen LogP contribution in [0.5, 0.6) is 0 Å². The molecule has 0 radical (unpaired) electrons. The van der Waals surface area contributed by atoms with Crippen LogP contribution < -0.4 is 4.90 Å². The van der Waals surface area contributed by atoms with Gasteiger partial charge in [0.15, 0.2) is 15.1 Å². The van der Waals surface area contributed by atoms with E-state index < -0.39 is 27.1 Å². The van der Waals surface area contributed by atoms with Gasteiger partial charge in [0.05, 0.1) is 16.6 Å². The van der Waals surface area contributed by atoms with Crippen LogP contribution in [-0.2, 0) is 21.1 Å². The first-order valence-corrected chi connectivity index (χ1v) is 7.67. The minimum absolute atomic E-state index is 0.125. The van der Waals surface area contributed by atoms with Crippen LogP contribution in [0.3, 0.4) is 0 Å². The van der Waals surface area contributed by atoms with Crippen LogP contribution >= 0.6 is 0 Å². The van der Waals surface area contributed by atoms with E-state index in [2.05, 4.69) is 0 Å². The van der Waals surface area contributed by atoms with E-state index in [0.29, 0.717) is 12.1 Å². The fourth-order valence-electron chi connectivity index (χ4n) is 2.46. The summed E-state index contributed by atoms with van der Waals surface area (Å²) in [4.78, 5) is 13.1. The normalized spacial score (nSPS) is 24.9. The molecule has 0 aliphatic carbocycles. The summed E-state index contributed by atoms with van der Waals surface area (Å²) < 4.78 is 24.9. The predicted molar refractivity (Wildman–Crippen MR) is 72.3 cm³/mol. The largest absolute Gasteiger partial charge is 0.480 e. The number of aliphatic carboxylic acids is 1. The van der Waals surface area contributed by atoms with E-state index in [1.807, 2.05) is 13.0 Å². The monoisotopic (exact) mass is 283 g/mol. The van der Waals surface area contributed by atoms with Gasteiger partial charge < -0.3 is 10.0 Å². The molecule has 2 atom stereocenters. The van der Waals surface area contributed by atoms with Gasteiger partial charge in [-0.3, -0.25) is 4.79 Å². The third kappa shape index (κ3) is 2.00. The van der Waals surface area contributed by atoms with Gasteiger partial charge in [-0.05, 0) is 31.0 Å². The van der Waals surface area contributed by atoms with Crippen LogP contribution in [0.4, 0.5) is 5.69 Å². The van der Waals surface area contributed by atoms with Crippen LogP contribution in [0.2, 0.25) is 0 Å². The third-order valence-corrected chi connectivity index (χ3v) is 5.95. The quantitative estimate of drug-likeness (QED) is 0.886. The minimum atomic E-state index is -3.84. The van der Waals surface area contributed by atoms with E-state index in [9.17, 15) is 18.3 Å². The van der Waals surface area contributed by atoms with Gasteiger partial charge in [0, 0.05) is 7.05 Å². The highest BCUT2D eigenvalue weighted by atomic mass is 32.2. The van der Waals surface area contributed by atoms with Gasteiger partial charge in [-0.25, -0.2) is 8.42 Å². The van der Waals surface area contributed by atoms with Gasteiger partial charge in [-0.1, -0.05) is 13.0 Å². The number of rotatable bonds is 2. The van der Waals surface area contributed by atoms with E-state index in [1.165, 1.54) is 0 Å². The zero-order valence-electron chi connectivity index (χ0n) is 11.1. The lowest BCUT2D eigenvalue weighted by Crippen LogP contribution is -2.51. The number of fused-ring (bicyclic) bond motifs is 1. The lowest BCUT2D eigenvalue weighted by Gasteiger charge is -2.37. The molecule has 0 bridgehead atoms. The summed E-state index contributed by atoms with van der Waals surface area (Å²) in [6.07, 6.45) is 0.708. The molecule has 1 aromatic carbocycles. The summed E-state index contributed by atoms with van der Waals surface area (Å²) in [5, 5.41) is 7.79. The first-order valence-electron chi connectivity index (χ1n) is 6.13. The molecule has 1 aliphatic rings. The second kappa shape index (κ2) is 4.52. The number of hydrogen-bond acceptors (Lipinski definition) is 4. The molecular weight excluding hydrogens is 266 g/mol. The van der Waals surface area contributed by atoms with Crippen LogP contribution in [0.25, 0.3) is 0 Å². The van der Waals surface area contributed by atoms with Crippen molar-refractivity contribution in [3.05, 3.63) is 23.8 Å². The molecule has 0 saturated carbocycles. The van der Waals surface area contributed by atoms with E-state index in [4.69, 9.17) is 0 Å². The number of carboxylic acid groups (broad SMARTS) is 1. The second-order valence-electron chi connectivity index (χ2n) is 4.81. The van der Waals surface area contributed by atoms with Crippen LogP contribution in [-0.4, -0.2) is 37.8 Å². The number of nitrogens with zero attached hydrogens (tertiary/aromatic N) is 1. The molecule has 5 nitrogen and oxygen atoms in total. The lowest BCUT2D eigenvalue weighted by atomic mass is 10.1. The highest BCUT2D eigenvalue weighted by molar-refractivity contribution is 7.93. The Morgan fingerprint density at radius 1 is 1.42 bits per heavy atom. The highest BCUT2D eigenvalue weighted by Crippen LogP contribution is 2.37. The molecule has 0 fully saturated rings. The summed E-state index contributed by atoms with van der Waals surface area (Å²) in [6, 6.07) is 4.62. The van der Waals surface area contributed by atoms with Crippen LogP contribution in [0, 0.1) is 0 Å². The number of carbonyl (C=O) groups is 1. The molecule has 0 aromatic heterocycles. The van der Waals surface area contributed by atoms with Gasteiger partial charge in [0.2, 0.25) is 0 Å². The average Bonchev–Trinajstić information content (AvgIpc) is 2.35. The molecule has 1 heterocycles. The molecule has 2 unspecified atom stereocenters. The number of benzene rings is 1. The Bertz CT molecular complexity index is 624. The Labute approximate surface area is 112 Å². The van der Waals surface area contributed by atoms with Crippen LogP contribution in [0.1, 0.15) is 19.4 Å². The fourth-order valence-corrected chi connectivity index (χ4v) is 4.51. The highest BCUT2D eigenvalue weighted by Gasteiger charge is 2.46. The summed E-state index contributed by atoms with van der Waals surface area (Å²) in [5.74, 6) is -1.30. The van der Waals surface area contributed by atoms with E-state index in [1.54, 1.807) is 31.0 Å². The zero-order valence-corrected chi connectivity index (χ0v) is 11.9. The van der Waals surface area contributed by atoms with Gasteiger partial charge in [0.1, 0.15) is 0 Å². The van der Waals surface area contributed by atoms with Crippen molar-refractivity contribution in [2.75, 3.05) is 11.9 Å². The minimum Gasteiger partial charge on any atom is -0.480 e. The number of hydrogen-bond donors (Lipinski definition) is 1. The van der Waals surface area contributed by atoms with Crippen LogP contribution in [0.15, 0.2) is 23.1 Å². The zero-order chi connectivity index (χ0) is 14.4. The summed E-state index contributed by atoms with van der Waals surface area (Å²) >= 11 is 0. The van der Waals surface area contributed by atoms with Crippen molar-refractivity contribution < 1.29 is 18.3 Å². The van der Waals surface area contributed by atoms with Crippen molar-refractivity contribution in [2.24, 2.45) is 0 Å². The first kappa shape index (κ1) is 13.9. The molecule has 0 saturated heterocycles. The van der Waals surface area contributed by atoms with E-state index in [-0.39, 0.29) is 4.90 Å².